The first-order valence-electron chi connectivity index (χ1n) is 9.44. The molecular formula is C22H20Cl2F3N3O3. The van der Waals surface area contributed by atoms with Crippen LogP contribution < -0.4 is 21.3 Å². The Labute approximate surface area is 198 Å². The van der Waals surface area contributed by atoms with Gasteiger partial charge in [0, 0.05) is 29.9 Å². The standard InChI is InChI=1S/C22H19ClF3N3O3.ClH/c1-12-6-19(32-11-14-3-4-15(24)8-17(14)26)21(23)22(31)29(12)18-7-13(2-5-16(18)25)9-28-10-20(27)30;/h2-8,28H,9-11H2,1H3,(H2,27,30);1H. The molecule has 0 atom stereocenters. The second-order valence-electron chi connectivity index (χ2n) is 6.98. The van der Waals surface area contributed by atoms with Crippen molar-refractivity contribution in [2.75, 3.05) is 6.54 Å². The predicted octanol–water partition coefficient (Wildman–Crippen LogP) is 3.79. The van der Waals surface area contributed by atoms with Crippen molar-refractivity contribution in [1.82, 2.24) is 9.88 Å². The smallest absolute Gasteiger partial charge is 0.277 e. The lowest BCUT2D eigenvalue weighted by Gasteiger charge is -2.16. The molecule has 0 spiro atoms. The predicted molar refractivity (Wildman–Crippen MR) is 121 cm³/mol. The average molecular weight is 502 g/mol. The fraction of sp³-hybridized carbons (Fsp3) is 0.182. The van der Waals surface area contributed by atoms with Gasteiger partial charge in [0.05, 0.1) is 12.2 Å². The lowest BCUT2D eigenvalue weighted by molar-refractivity contribution is -0.117. The zero-order valence-corrected chi connectivity index (χ0v) is 18.9. The van der Waals surface area contributed by atoms with Gasteiger partial charge in [-0.25, -0.2) is 13.2 Å². The van der Waals surface area contributed by atoms with Crippen molar-refractivity contribution >= 4 is 29.9 Å². The van der Waals surface area contributed by atoms with E-state index in [0.717, 1.165) is 16.7 Å². The number of benzene rings is 2. The van der Waals surface area contributed by atoms with E-state index < -0.39 is 28.9 Å². The number of halogens is 5. The summed E-state index contributed by atoms with van der Waals surface area (Å²) in [5.74, 6) is -2.74. The molecule has 3 rings (SSSR count). The normalized spacial score (nSPS) is 10.6. The molecule has 0 saturated carbocycles. The monoisotopic (exact) mass is 501 g/mol. The number of carbonyl (C=O) groups excluding carboxylic acids is 1. The van der Waals surface area contributed by atoms with Crippen LogP contribution in [0.15, 0.2) is 47.3 Å². The Bertz CT molecular complexity index is 1240. The molecule has 3 N–H and O–H groups in total. The highest BCUT2D eigenvalue weighted by molar-refractivity contribution is 6.31. The number of nitrogens with zero attached hydrogens (tertiary/aromatic N) is 1. The van der Waals surface area contributed by atoms with Gasteiger partial charge in [0.25, 0.3) is 5.56 Å². The Hall–Kier alpha value is -3.01. The van der Waals surface area contributed by atoms with E-state index >= 15 is 0 Å². The van der Waals surface area contributed by atoms with Crippen molar-refractivity contribution in [3.05, 3.63) is 92.1 Å². The summed E-state index contributed by atoms with van der Waals surface area (Å²) in [7, 11) is 0. The Kier molecular flexibility index (Phi) is 8.92. The molecule has 11 heteroatoms. The average Bonchev–Trinajstić information content (AvgIpc) is 2.72. The van der Waals surface area contributed by atoms with Crippen molar-refractivity contribution in [1.29, 1.82) is 0 Å². The lowest BCUT2D eigenvalue weighted by atomic mass is 10.1. The second-order valence-corrected chi connectivity index (χ2v) is 7.36. The molecule has 6 nitrogen and oxygen atoms in total. The maximum Gasteiger partial charge on any atom is 0.277 e. The molecule has 3 aromatic rings. The van der Waals surface area contributed by atoms with Crippen LogP contribution in [0.25, 0.3) is 5.69 Å². The van der Waals surface area contributed by atoms with Crippen molar-refractivity contribution in [2.45, 2.75) is 20.1 Å². The van der Waals surface area contributed by atoms with Crippen molar-refractivity contribution < 1.29 is 22.7 Å². The number of carbonyl (C=O) groups is 1. The first-order chi connectivity index (χ1) is 15.2. The van der Waals surface area contributed by atoms with Gasteiger partial charge in [-0.3, -0.25) is 14.2 Å². The summed E-state index contributed by atoms with van der Waals surface area (Å²) < 4.78 is 48.0. The molecule has 1 amide bonds. The molecular weight excluding hydrogens is 482 g/mol. The van der Waals surface area contributed by atoms with Crippen LogP contribution >= 0.6 is 24.0 Å². The summed E-state index contributed by atoms with van der Waals surface area (Å²) in [5.41, 5.74) is 5.30. The van der Waals surface area contributed by atoms with E-state index in [1.165, 1.54) is 30.3 Å². The first kappa shape index (κ1) is 26.2. The molecule has 1 heterocycles. The SMILES string of the molecule is Cc1cc(OCc2ccc(F)cc2F)c(Cl)c(=O)n1-c1cc(CNCC(N)=O)ccc1F.Cl. The minimum absolute atomic E-state index is 0. The van der Waals surface area contributed by atoms with Crippen molar-refractivity contribution in [3.63, 3.8) is 0 Å². The van der Waals surface area contributed by atoms with Gasteiger partial charge in [0.1, 0.15) is 34.8 Å². The highest BCUT2D eigenvalue weighted by atomic mass is 35.5. The number of rotatable bonds is 8. The largest absolute Gasteiger partial charge is 0.487 e. The number of hydrogen-bond acceptors (Lipinski definition) is 4. The highest BCUT2D eigenvalue weighted by Crippen LogP contribution is 2.26. The number of hydrogen-bond donors (Lipinski definition) is 2. The van der Waals surface area contributed by atoms with E-state index in [4.69, 9.17) is 22.1 Å². The number of amides is 1. The topological polar surface area (TPSA) is 86.3 Å². The van der Waals surface area contributed by atoms with Gasteiger partial charge in [-0.2, -0.15) is 0 Å². The summed E-state index contributed by atoms with van der Waals surface area (Å²) in [5, 5.41) is 2.48. The second kappa shape index (κ2) is 11.2. The van der Waals surface area contributed by atoms with Crippen molar-refractivity contribution in [3.8, 4) is 11.4 Å². The Morgan fingerprint density at radius 1 is 1.12 bits per heavy atom. The number of pyridine rings is 1. The highest BCUT2D eigenvalue weighted by Gasteiger charge is 2.17. The molecule has 0 aliphatic carbocycles. The Morgan fingerprint density at radius 3 is 2.52 bits per heavy atom. The fourth-order valence-electron chi connectivity index (χ4n) is 3.05. The summed E-state index contributed by atoms with van der Waals surface area (Å²) in [6.45, 7) is 1.44. The van der Waals surface area contributed by atoms with Crippen LogP contribution in [0, 0.1) is 24.4 Å². The molecule has 0 aliphatic rings. The molecule has 0 radical (unpaired) electrons. The Balaban J connectivity index is 0.00000385. The molecule has 0 aliphatic heterocycles. The summed E-state index contributed by atoms with van der Waals surface area (Å²) in [6.07, 6.45) is 0. The van der Waals surface area contributed by atoms with Gasteiger partial charge in [-0.15, -0.1) is 12.4 Å². The van der Waals surface area contributed by atoms with Crippen LogP contribution in [0.3, 0.4) is 0 Å². The summed E-state index contributed by atoms with van der Waals surface area (Å²) >= 11 is 6.16. The van der Waals surface area contributed by atoms with Gasteiger partial charge in [0.2, 0.25) is 5.91 Å². The van der Waals surface area contributed by atoms with Gasteiger partial charge < -0.3 is 15.8 Å². The van der Waals surface area contributed by atoms with Gasteiger partial charge in [-0.05, 0) is 36.8 Å². The van der Waals surface area contributed by atoms with E-state index in [1.807, 2.05) is 0 Å². The molecule has 0 bridgehead atoms. The van der Waals surface area contributed by atoms with E-state index in [0.29, 0.717) is 11.3 Å². The number of primary amides is 1. The maximum atomic E-state index is 14.5. The van der Waals surface area contributed by atoms with E-state index in [9.17, 15) is 22.8 Å². The maximum absolute atomic E-state index is 14.5. The molecule has 0 saturated heterocycles. The molecule has 1 aromatic heterocycles. The van der Waals surface area contributed by atoms with E-state index in [1.54, 1.807) is 6.92 Å². The molecule has 2 aromatic carbocycles. The van der Waals surface area contributed by atoms with Crippen LogP contribution in [0.2, 0.25) is 5.02 Å². The van der Waals surface area contributed by atoms with Crippen LogP contribution in [-0.4, -0.2) is 17.0 Å². The number of nitrogens with one attached hydrogen (secondary N) is 1. The number of ether oxygens (including phenoxy) is 1. The Morgan fingerprint density at radius 2 is 1.85 bits per heavy atom. The van der Waals surface area contributed by atoms with Gasteiger partial charge >= 0.3 is 0 Å². The quantitative estimate of drug-likeness (QED) is 0.491. The third-order valence-electron chi connectivity index (χ3n) is 4.58. The summed E-state index contributed by atoms with van der Waals surface area (Å²) in [6, 6.07) is 8.59. The van der Waals surface area contributed by atoms with E-state index in [-0.39, 0.29) is 54.1 Å². The van der Waals surface area contributed by atoms with Gasteiger partial charge in [-0.1, -0.05) is 17.7 Å². The lowest BCUT2D eigenvalue weighted by Crippen LogP contribution is -2.28. The van der Waals surface area contributed by atoms with E-state index in [2.05, 4.69) is 5.32 Å². The van der Waals surface area contributed by atoms with Crippen LogP contribution in [0.1, 0.15) is 16.8 Å². The number of nitrogens with two attached hydrogens (primary N) is 1. The minimum Gasteiger partial charge on any atom is -0.487 e. The summed E-state index contributed by atoms with van der Waals surface area (Å²) in [4.78, 5) is 23.7. The third kappa shape index (κ3) is 6.28. The zero-order valence-electron chi connectivity index (χ0n) is 17.3. The fourth-order valence-corrected chi connectivity index (χ4v) is 3.24. The van der Waals surface area contributed by atoms with Crippen molar-refractivity contribution in [2.24, 2.45) is 5.73 Å². The van der Waals surface area contributed by atoms with Crippen LogP contribution in [0.4, 0.5) is 13.2 Å². The molecule has 33 heavy (non-hydrogen) atoms. The third-order valence-corrected chi connectivity index (χ3v) is 4.93. The van der Waals surface area contributed by atoms with Gasteiger partial charge in [0.15, 0.2) is 0 Å². The van der Waals surface area contributed by atoms with Crippen LogP contribution in [-0.2, 0) is 17.9 Å². The molecule has 0 unspecified atom stereocenters. The zero-order chi connectivity index (χ0) is 23.4. The van der Waals surface area contributed by atoms with Crippen LogP contribution in [0.5, 0.6) is 5.75 Å². The molecule has 0 fully saturated rings. The number of aromatic nitrogens is 1. The first-order valence-corrected chi connectivity index (χ1v) is 9.82. The number of aryl methyl sites for hydroxylation is 1. The minimum atomic E-state index is -0.796. The molecule has 176 valence electrons.